The van der Waals surface area contributed by atoms with Crippen LogP contribution < -0.4 is 10.6 Å². The molecule has 4 N–H and O–H groups in total. The quantitative estimate of drug-likeness (QED) is 0.279. The Kier molecular flexibility index (Phi) is 9.97. The highest BCUT2D eigenvalue weighted by atomic mass is 19.4. The first kappa shape index (κ1) is 24.0. The molecule has 0 saturated carbocycles. The molecule has 0 spiro atoms. The van der Waals surface area contributed by atoms with Crippen LogP contribution in [0.25, 0.3) is 0 Å². The number of phenols is 2. The highest BCUT2D eigenvalue weighted by Crippen LogP contribution is 2.29. The number of alkyl halides is 3. The first-order valence-electron chi connectivity index (χ1n) is 10.4. The van der Waals surface area contributed by atoms with Gasteiger partial charge in [0, 0.05) is 0 Å². The Morgan fingerprint density at radius 3 is 1.83 bits per heavy atom. The maximum atomic E-state index is 12.7. The summed E-state index contributed by atoms with van der Waals surface area (Å²) in [5, 5.41) is 25.4. The van der Waals surface area contributed by atoms with Crippen molar-refractivity contribution in [2.75, 3.05) is 26.2 Å². The van der Waals surface area contributed by atoms with Crippen LogP contribution in [0.5, 0.6) is 11.5 Å². The van der Waals surface area contributed by atoms with Crippen molar-refractivity contribution >= 4 is 0 Å². The SMILES string of the molecule is Oc1ccc(CCNCCCCCCNCCc2cccc(C(F)(F)F)c2)cc1O. The standard InChI is InChI=1S/C23H31F3N2O2/c24-23(25,26)20-7-5-6-18(16-20)10-14-27-12-3-1-2-4-13-28-15-11-19-8-9-21(29)22(30)17-19/h5-9,16-17,27-30H,1-4,10-15H2. The number of unbranched alkanes of at least 4 members (excludes halogenated alkanes) is 3. The second kappa shape index (κ2) is 12.4. The minimum atomic E-state index is -4.28. The molecule has 2 aromatic carbocycles. The molecule has 0 aliphatic carbocycles. The summed E-state index contributed by atoms with van der Waals surface area (Å²) >= 11 is 0. The molecule has 0 amide bonds. The van der Waals surface area contributed by atoms with E-state index < -0.39 is 11.7 Å². The van der Waals surface area contributed by atoms with Gasteiger partial charge in [-0.25, -0.2) is 0 Å². The molecule has 0 aromatic heterocycles. The van der Waals surface area contributed by atoms with Crippen LogP contribution in [0.4, 0.5) is 13.2 Å². The number of halogens is 3. The van der Waals surface area contributed by atoms with Crippen LogP contribution in [0.3, 0.4) is 0 Å². The topological polar surface area (TPSA) is 64.5 Å². The van der Waals surface area contributed by atoms with Crippen LogP contribution in [0, 0.1) is 0 Å². The van der Waals surface area contributed by atoms with Crippen LogP contribution in [0.1, 0.15) is 42.4 Å². The van der Waals surface area contributed by atoms with Gasteiger partial charge < -0.3 is 20.8 Å². The number of hydrogen-bond acceptors (Lipinski definition) is 4. The third-order valence-corrected chi connectivity index (χ3v) is 4.93. The van der Waals surface area contributed by atoms with Crippen LogP contribution in [-0.4, -0.2) is 36.4 Å². The Morgan fingerprint density at radius 1 is 0.667 bits per heavy atom. The molecule has 2 aromatic rings. The maximum Gasteiger partial charge on any atom is 0.416 e. The molecule has 0 radical (unpaired) electrons. The van der Waals surface area contributed by atoms with Gasteiger partial charge in [0.15, 0.2) is 11.5 Å². The van der Waals surface area contributed by atoms with Gasteiger partial charge in [0.05, 0.1) is 5.56 Å². The molecule has 0 saturated heterocycles. The van der Waals surface area contributed by atoms with Gasteiger partial charge in [-0.1, -0.05) is 37.1 Å². The highest BCUT2D eigenvalue weighted by molar-refractivity contribution is 5.40. The number of hydrogen-bond donors (Lipinski definition) is 4. The van der Waals surface area contributed by atoms with Crippen molar-refractivity contribution in [2.24, 2.45) is 0 Å². The van der Waals surface area contributed by atoms with E-state index in [9.17, 15) is 23.4 Å². The summed E-state index contributed by atoms with van der Waals surface area (Å²) in [6.45, 7) is 3.31. The molecule has 4 nitrogen and oxygen atoms in total. The second-order valence-corrected chi connectivity index (χ2v) is 7.44. The first-order valence-corrected chi connectivity index (χ1v) is 10.4. The van der Waals surface area contributed by atoms with E-state index in [1.807, 2.05) is 0 Å². The van der Waals surface area contributed by atoms with Crippen molar-refractivity contribution in [1.29, 1.82) is 0 Å². The fourth-order valence-corrected chi connectivity index (χ4v) is 3.20. The van der Waals surface area contributed by atoms with Crippen LogP contribution in [0.2, 0.25) is 0 Å². The zero-order chi connectivity index (χ0) is 21.8. The number of rotatable bonds is 13. The minimum Gasteiger partial charge on any atom is -0.504 e. The summed E-state index contributed by atoms with van der Waals surface area (Å²) in [6.07, 6.45) is 1.48. The summed E-state index contributed by atoms with van der Waals surface area (Å²) in [5.74, 6) is -0.187. The fourth-order valence-electron chi connectivity index (χ4n) is 3.20. The Labute approximate surface area is 176 Å². The molecule has 2 rings (SSSR count). The van der Waals surface area contributed by atoms with Gasteiger partial charge >= 0.3 is 6.18 Å². The molecular formula is C23H31F3N2O2. The first-order chi connectivity index (χ1) is 14.4. The molecule has 0 aliphatic heterocycles. The van der Waals surface area contributed by atoms with Crippen molar-refractivity contribution < 1.29 is 23.4 Å². The molecule has 7 heteroatoms. The lowest BCUT2D eigenvalue weighted by Crippen LogP contribution is -2.19. The lowest BCUT2D eigenvalue weighted by atomic mass is 10.1. The lowest BCUT2D eigenvalue weighted by molar-refractivity contribution is -0.137. The van der Waals surface area contributed by atoms with E-state index in [1.165, 1.54) is 18.2 Å². The zero-order valence-electron chi connectivity index (χ0n) is 17.1. The van der Waals surface area contributed by atoms with Gasteiger partial charge in [0.25, 0.3) is 0 Å². The summed E-state index contributed by atoms with van der Waals surface area (Å²) in [7, 11) is 0. The Bertz CT molecular complexity index is 766. The largest absolute Gasteiger partial charge is 0.504 e. The molecule has 0 unspecified atom stereocenters. The number of benzene rings is 2. The molecule has 0 atom stereocenters. The van der Waals surface area contributed by atoms with E-state index in [-0.39, 0.29) is 11.5 Å². The Balaban J connectivity index is 1.43. The predicted molar refractivity (Wildman–Crippen MR) is 113 cm³/mol. The Hall–Kier alpha value is -2.25. The van der Waals surface area contributed by atoms with Crippen molar-refractivity contribution in [3.05, 3.63) is 59.2 Å². The van der Waals surface area contributed by atoms with E-state index in [1.54, 1.807) is 18.2 Å². The lowest BCUT2D eigenvalue weighted by Gasteiger charge is -2.09. The average molecular weight is 425 g/mol. The fraction of sp³-hybridized carbons (Fsp3) is 0.478. The predicted octanol–water partition coefficient (Wildman–Crippen LogP) is 4.64. The minimum absolute atomic E-state index is 0.0871. The van der Waals surface area contributed by atoms with E-state index >= 15 is 0 Å². The average Bonchev–Trinajstić information content (AvgIpc) is 2.71. The molecule has 0 heterocycles. The molecule has 166 valence electrons. The van der Waals surface area contributed by atoms with E-state index in [0.29, 0.717) is 18.5 Å². The van der Waals surface area contributed by atoms with E-state index in [4.69, 9.17) is 0 Å². The van der Waals surface area contributed by atoms with Gasteiger partial charge in [-0.3, -0.25) is 0 Å². The van der Waals surface area contributed by atoms with Crippen LogP contribution >= 0.6 is 0 Å². The van der Waals surface area contributed by atoms with Crippen LogP contribution in [-0.2, 0) is 19.0 Å². The third kappa shape index (κ3) is 9.05. The normalized spacial score (nSPS) is 11.7. The van der Waals surface area contributed by atoms with Crippen molar-refractivity contribution in [1.82, 2.24) is 10.6 Å². The number of aromatic hydroxyl groups is 2. The summed E-state index contributed by atoms with van der Waals surface area (Å²) in [6, 6.07) is 10.4. The summed E-state index contributed by atoms with van der Waals surface area (Å²) in [4.78, 5) is 0. The number of nitrogens with one attached hydrogen (secondary N) is 2. The maximum absolute atomic E-state index is 12.7. The molecule has 0 fully saturated rings. The van der Waals surface area contributed by atoms with E-state index in [0.717, 1.165) is 63.4 Å². The molecule has 0 aliphatic rings. The van der Waals surface area contributed by atoms with E-state index in [2.05, 4.69) is 10.6 Å². The molecular weight excluding hydrogens is 393 g/mol. The van der Waals surface area contributed by atoms with Gasteiger partial charge in [-0.05, 0) is 81.2 Å². The smallest absolute Gasteiger partial charge is 0.416 e. The van der Waals surface area contributed by atoms with Crippen LogP contribution in [0.15, 0.2) is 42.5 Å². The monoisotopic (exact) mass is 424 g/mol. The van der Waals surface area contributed by atoms with Crippen molar-refractivity contribution in [2.45, 2.75) is 44.7 Å². The zero-order valence-corrected chi connectivity index (χ0v) is 17.1. The van der Waals surface area contributed by atoms with Gasteiger partial charge in [0.2, 0.25) is 0 Å². The summed E-state index contributed by atoms with van der Waals surface area (Å²) < 4.78 is 38.1. The van der Waals surface area contributed by atoms with Gasteiger partial charge in [-0.2, -0.15) is 13.2 Å². The Morgan fingerprint density at radius 2 is 1.27 bits per heavy atom. The van der Waals surface area contributed by atoms with Gasteiger partial charge in [-0.15, -0.1) is 0 Å². The molecule has 30 heavy (non-hydrogen) atoms. The van der Waals surface area contributed by atoms with Gasteiger partial charge in [0.1, 0.15) is 0 Å². The van der Waals surface area contributed by atoms with Crippen molar-refractivity contribution in [3.63, 3.8) is 0 Å². The third-order valence-electron chi connectivity index (χ3n) is 4.93. The highest BCUT2D eigenvalue weighted by Gasteiger charge is 2.30. The number of phenolic OH excluding ortho intramolecular Hbond substituents is 2. The second-order valence-electron chi connectivity index (χ2n) is 7.44. The van der Waals surface area contributed by atoms with Crippen molar-refractivity contribution in [3.8, 4) is 11.5 Å². The summed E-state index contributed by atoms with van der Waals surface area (Å²) in [5.41, 5.74) is 1.09. The molecule has 0 bridgehead atoms.